The molecule has 2 aromatic carbocycles. The van der Waals surface area contributed by atoms with Crippen LogP contribution in [0.3, 0.4) is 0 Å². The molecule has 0 bridgehead atoms. The number of rotatable bonds is 8. The van der Waals surface area contributed by atoms with E-state index in [2.05, 4.69) is 30.1 Å². The van der Waals surface area contributed by atoms with Gasteiger partial charge >= 0.3 is 6.61 Å². The zero-order valence-corrected chi connectivity index (χ0v) is 17.3. The molecule has 0 aliphatic carbocycles. The molecule has 31 heavy (non-hydrogen) atoms. The van der Waals surface area contributed by atoms with Gasteiger partial charge in [-0.25, -0.2) is 4.98 Å². The Morgan fingerprint density at radius 3 is 2.58 bits per heavy atom. The van der Waals surface area contributed by atoms with Crippen molar-refractivity contribution in [3.8, 4) is 34.3 Å². The largest absolute Gasteiger partial charge is 0.493 e. The Balaban J connectivity index is 1.42. The second-order valence-corrected chi connectivity index (χ2v) is 7.32. The lowest BCUT2D eigenvalue weighted by Gasteiger charge is -2.10. The third kappa shape index (κ3) is 5.00. The summed E-state index contributed by atoms with van der Waals surface area (Å²) in [6, 6.07) is 12.4. The van der Waals surface area contributed by atoms with Gasteiger partial charge in [0.05, 0.1) is 12.9 Å². The van der Waals surface area contributed by atoms with Crippen molar-refractivity contribution in [1.29, 1.82) is 0 Å². The minimum absolute atomic E-state index is 0.0745. The number of thioether (sulfide) groups is 1. The highest BCUT2D eigenvalue weighted by atomic mass is 32.2. The van der Waals surface area contributed by atoms with E-state index in [1.807, 2.05) is 31.2 Å². The van der Waals surface area contributed by atoms with E-state index in [4.69, 9.17) is 9.26 Å². The molecule has 1 N–H and O–H groups in total. The molecule has 0 atom stereocenters. The van der Waals surface area contributed by atoms with Crippen molar-refractivity contribution in [2.24, 2.45) is 0 Å². The summed E-state index contributed by atoms with van der Waals surface area (Å²) in [5.41, 5.74) is 2.65. The van der Waals surface area contributed by atoms with Crippen LogP contribution < -0.4 is 9.47 Å². The van der Waals surface area contributed by atoms with Crippen LogP contribution in [0.25, 0.3) is 22.8 Å². The Morgan fingerprint density at radius 2 is 1.84 bits per heavy atom. The lowest BCUT2D eigenvalue weighted by atomic mass is 10.1. The number of nitrogens with one attached hydrogen (secondary N) is 1. The second-order valence-electron chi connectivity index (χ2n) is 6.38. The molecule has 8 nitrogen and oxygen atoms in total. The van der Waals surface area contributed by atoms with Crippen LogP contribution in [0.1, 0.15) is 11.5 Å². The van der Waals surface area contributed by atoms with Crippen molar-refractivity contribution in [3.63, 3.8) is 0 Å². The van der Waals surface area contributed by atoms with E-state index in [-0.39, 0.29) is 11.5 Å². The summed E-state index contributed by atoms with van der Waals surface area (Å²) in [7, 11) is 1.36. The van der Waals surface area contributed by atoms with Gasteiger partial charge < -0.3 is 14.0 Å². The summed E-state index contributed by atoms with van der Waals surface area (Å²) in [5, 5.41) is 11.6. The Bertz CT molecular complexity index is 1160. The third-order valence-electron chi connectivity index (χ3n) is 4.22. The van der Waals surface area contributed by atoms with Crippen molar-refractivity contribution in [3.05, 3.63) is 53.9 Å². The molecule has 0 radical (unpaired) electrons. The first-order valence-electron chi connectivity index (χ1n) is 9.10. The van der Waals surface area contributed by atoms with Crippen LogP contribution >= 0.6 is 11.8 Å². The molecule has 0 amide bonds. The van der Waals surface area contributed by atoms with Crippen molar-refractivity contribution < 1.29 is 22.8 Å². The summed E-state index contributed by atoms with van der Waals surface area (Å²) < 4.78 is 39.7. The molecule has 4 aromatic rings. The number of aryl methyl sites for hydroxylation is 1. The van der Waals surface area contributed by atoms with E-state index in [0.717, 1.165) is 5.56 Å². The number of nitrogens with zero attached hydrogens (tertiary/aromatic N) is 4. The Morgan fingerprint density at radius 1 is 1.06 bits per heavy atom. The molecular weight excluding hydrogens is 428 g/mol. The highest BCUT2D eigenvalue weighted by molar-refractivity contribution is 7.98. The van der Waals surface area contributed by atoms with Gasteiger partial charge in [-0.2, -0.15) is 13.8 Å². The maximum Gasteiger partial charge on any atom is 0.387 e. The van der Waals surface area contributed by atoms with Crippen LogP contribution in [0.4, 0.5) is 8.78 Å². The molecule has 0 saturated heterocycles. The highest BCUT2D eigenvalue weighted by Crippen LogP contribution is 2.33. The number of halogens is 2. The van der Waals surface area contributed by atoms with E-state index < -0.39 is 6.61 Å². The number of aromatic amines is 1. The van der Waals surface area contributed by atoms with Crippen molar-refractivity contribution in [2.75, 3.05) is 7.11 Å². The monoisotopic (exact) mass is 445 g/mol. The summed E-state index contributed by atoms with van der Waals surface area (Å²) >= 11 is 1.34. The van der Waals surface area contributed by atoms with E-state index in [1.54, 1.807) is 6.07 Å². The molecular formula is C20H17F2N5O3S. The van der Waals surface area contributed by atoms with Crippen molar-refractivity contribution >= 4 is 11.8 Å². The fourth-order valence-corrected chi connectivity index (χ4v) is 3.34. The number of alkyl halides is 2. The van der Waals surface area contributed by atoms with Crippen LogP contribution in [-0.4, -0.2) is 39.0 Å². The maximum absolute atomic E-state index is 12.5. The van der Waals surface area contributed by atoms with Crippen LogP contribution in [0.2, 0.25) is 0 Å². The maximum atomic E-state index is 12.5. The minimum atomic E-state index is -2.95. The Labute approximate surface area is 180 Å². The predicted molar refractivity (Wildman–Crippen MR) is 109 cm³/mol. The van der Waals surface area contributed by atoms with Gasteiger partial charge in [-0.1, -0.05) is 46.7 Å². The molecule has 2 heterocycles. The fraction of sp³-hybridized carbons (Fsp3) is 0.200. The first kappa shape index (κ1) is 20.8. The molecule has 4 rings (SSSR count). The quantitative estimate of drug-likeness (QED) is 0.389. The highest BCUT2D eigenvalue weighted by Gasteiger charge is 2.15. The second kappa shape index (κ2) is 9.13. The molecule has 160 valence electrons. The number of hydrogen-bond acceptors (Lipinski definition) is 8. The normalized spacial score (nSPS) is 11.1. The number of H-pyrrole nitrogens is 1. The number of benzene rings is 2. The standard InChI is InChI=1S/C20H17F2N5O3S/c1-11-3-5-12(6-4-11)17-24-20(26-25-17)31-10-16-23-18(27-30-16)13-7-8-14(29-19(21)22)15(9-13)28-2/h3-9,19H,10H2,1-2H3,(H,24,25,26). The zero-order chi connectivity index (χ0) is 21.8. The van der Waals surface area contributed by atoms with Gasteiger partial charge in [0.25, 0.3) is 0 Å². The summed E-state index contributed by atoms with van der Waals surface area (Å²) in [4.78, 5) is 8.79. The van der Waals surface area contributed by atoms with Gasteiger partial charge in [-0.15, -0.1) is 5.10 Å². The molecule has 0 aliphatic heterocycles. The van der Waals surface area contributed by atoms with Crippen molar-refractivity contribution in [1.82, 2.24) is 25.3 Å². The van der Waals surface area contributed by atoms with Crippen molar-refractivity contribution in [2.45, 2.75) is 24.4 Å². The first-order valence-corrected chi connectivity index (χ1v) is 10.1. The third-order valence-corrected chi connectivity index (χ3v) is 5.05. The lowest BCUT2D eigenvalue weighted by molar-refractivity contribution is -0.0512. The average molecular weight is 445 g/mol. The van der Waals surface area contributed by atoms with E-state index in [0.29, 0.717) is 34.0 Å². The fourth-order valence-electron chi connectivity index (χ4n) is 2.71. The molecule has 0 spiro atoms. The topological polar surface area (TPSA) is 99.0 Å². The van der Waals surface area contributed by atoms with Gasteiger partial charge in [-0.05, 0) is 25.1 Å². The summed E-state index contributed by atoms with van der Waals surface area (Å²) in [5.74, 6) is 1.77. The van der Waals surface area contributed by atoms with Crippen LogP contribution in [-0.2, 0) is 5.75 Å². The number of ether oxygens (including phenoxy) is 2. The molecule has 0 saturated carbocycles. The smallest absolute Gasteiger partial charge is 0.387 e. The molecule has 2 aromatic heterocycles. The van der Waals surface area contributed by atoms with Gasteiger partial charge in [0.1, 0.15) is 0 Å². The van der Waals surface area contributed by atoms with Gasteiger partial charge in [0.15, 0.2) is 17.3 Å². The lowest BCUT2D eigenvalue weighted by Crippen LogP contribution is -2.03. The van der Waals surface area contributed by atoms with Crippen LogP contribution in [0, 0.1) is 6.92 Å². The molecule has 0 fully saturated rings. The molecule has 0 aliphatic rings. The van der Waals surface area contributed by atoms with E-state index >= 15 is 0 Å². The number of aromatic nitrogens is 5. The Kier molecular flexibility index (Phi) is 6.12. The average Bonchev–Trinajstić information content (AvgIpc) is 3.42. The van der Waals surface area contributed by atoms with Crippen LogP contribution in [0.15, 0.2) is 52.1 Å². The number of methoxy groups -OCH3 is 1. The molecule has 11 heteroatoms. The first-order chi connectivity index (χ1) is 15.0. The van der Waals surface area contributed by atoms with Gasteiger partial charge in [-0.3, -0.25) is 5.10 Å². The van der Waals surface area contributed by atoms with Crippen LogP contribution in [0.5, 0.6) is 11.5 Å². The Hall–Kier alpha value is -3.47. The number of hydrogen-bond donors (Lipinski definition) is 1. The zero-order valence-electron chi connectivity index (χ0n) is 16.5. The van der Waals surface area contributed by atoms with E-state index in [9.17, 15) is 8.78 Å². The summed E-state index contributed by atoms with van der Waals surface area (Å²) in [6.45, 7) is -0.929. The molecule has 0 unspecified atom stereocenters. The van der Waals surface area contributed by atoms with Gasteiger partial charge in [0.2, 0.25) is 16.9 Å². The van der Waals surface area contributed by atoms with Gasteiger partial charge in [0, 0.05) is 11.1 Å². The predicted octanol–water partition coefficient (Wildman–Crippen LogP) is 4.73. The van der Waals surface area contributed by atoms with E-state index in [1.165, 1.54) is 36.6 Å². The summed E-state index contributed by atoms with van der Waals surface area (Å²) in [6.07, 6.45) is 0. The minimum Gasteiger partial charge on any atom is -0.493 e. The SMILES string of the molecule is COc1cc(-c2noc(CSc3n[nH]c(-c4ccc(C)cc4)n3)n2)ccc1OC(F)F.